The average molecular weight is 585 g/mol. The number of rotatable bonds is 11. The molecule has 0 spiro atoms. The van der Waals surface area contributed by atoms with E-state index in [2.05, 4.69) is 111 Å². The summed E-state index contributed by atoms with van der Waals surface area (Å²) in [7, 11) is 0. The molecule has 0 radical (unpaired) electrons. The van der Waals surface area contributed by atoms with Crippen LogP contribution in [-0.4, -0.2) is 34.1 Å². The number of allylic oxidation sites excluding steroid dienone is 18. The van der Waals surface area contributed by atoms with Gasteiger partial charge in [0.2, 0.25) is 0 Å². The first-order valence-corrected chi connectivity index (χ1v) is 15.6. The van der Waals surface area contributed by atoms with E-state index >= 15 is 0 Å². The minimum absolute atomic E-state index is 0.0256. The summed E-state index contributed by atoms with van der Waals surface area (Å²) in [6.07, 6.45) is 32.6. The van der Waals surface area contributed by atoms with Crippen LogP contribution in [0, 0.1) is 16.7 Å². The maximum Gasteiger partial charge on any atom is 0.0729 e. The largest absolute Gasteiger partial charge is 0.393 e. The minimum atomic E-state index is -0.339. The van der Waals surface area contributed by atoms with E-state index in [-0.39, 0.29) is 29.6 Å². The van der Waals surface area contributed by atoms with Crippen molar-refractivity contribution in [2.45, 2.75) is 93.8 Å². The third-order valence-electron chi connectivity index (χ3n) is 8.41. The van der Waals surface area contributed by atoms with Crippen molar-refractivity contribution in [3.63, 3.8) is 0 Å². The highest BCUT2D eigenvalue weighted by Crippen LogP contribution is 2.42. The molecule has 3 atom stereocenters. The van der Waals surface area contributed by atoms with E-state index < -0.39 is 0 Å². The van der Waals surface area contributed by atoms with Crippen LogP contribution in [0.25, 0.3) is 0 Å². The maximum absolute atomic E-state index is 10.1. The monoisotopic (exact) mass is 584 g/mol. The molecular formula is C40H56O3. The van der Waals surface area contributed by atoms with Crippen LogP contribution in [0.15, 0.2) is 130 Å². The summed E-state index contributed by atoms with van der Waals surface area (Å²) < 4.78 is 0. The predicted octanol–water partition coefficient (Wildman–Crippen LogP) is 9.38. The lowest BCUT2D eigenvalue weighted by Gasteiger charge is -2.38. The summed E-state index contributed by atoms with van der Waals surface area (Å²) in [5.74, 6) is 0.337. The van der Waals surface area contributed by atoms with Gasteiger partial charge in [0, 0.05) is 5.92 Å². The molecule has 0 aromatic carbocycles. The van der Waals surface area contributed by atoms with E-state index in [4.69, 9.17) is 0 Å². The lowest BCUT2D eigenvalue weighted by molar-refractivity contribution is 0.116. The highest BCUT2D eigenvalue weighted by Gasteiger charge is 2.34. The molecule has 3 N–H and O–H groups in total. The Balaban J connectivity index is 1.93. The summed E-state index contributed by atoms with van der Waals surface area (Å²) >= 11 is 0. The first-order valence-electron chi connectivity index (χ1n) is 15.6. The van der Waals surface area contributed by atoms with Crippen LogP contribution in [0.5, 0.6) is 0 Å². The van der Waals surface area contributed by atoms with Gasteiger partial charge in [-0.25, -0.2) is 0 Å². The van der Waals surface area contributed by atoms with E-state index in [9.17, 15) is 15.3 Å². The lowest BCUT2D eigenvalue weighted by atomic mass is 9.67. The molecule has 2 aliphatic rings. The zero-order valence-corrected chi connectivity index (χ0v) is 28.1. The SMILES string of the molecule is CC(C=CC=C(C)C=CC1C(C)=CC(O)CC1(C)C)=CC=CC=C(C)C=CC=C(C=CC1=C(C)CC(O)CC1(C)C)CO. The van der Waals surface area contributed by atoms with Crippen LogP contribution in [0.1, 0.15) is 81.6 Å². The molecule has 0 aromatic rings. The van der Waals surface area contributed by atoms with Crippen molar-refractivity contribution in [3.8, 4) is 0 Å². The molecule has 2 rings (SSSR count). The smallest absolute Gasteiger partial charge is 0.0729 e. The molecule has 3 nitrogen and oxygen atoms in total. The normalized spacial score (nSPS) is 26.2. The minimum Gasteiger partial charge on any atom is -0.393 e. The molecule has 0 aromatic heterocycles. The van der Waals surface area contributed by atoms with Crippen LogP contribution in [0.2, 0.25) is 0 Å². The molecule has 0 amide bonds. The van der Waals surface area contributed by atoms with Crippen LogP contribution in [0.3, 0.4) is 0 Å². The van der Waals surface area contributed by atoms with Crippen molar-refractivity contribution in [2.75, 3.05) is 6.61 Å². The summed E-state index contributed by atoms with van der Waals surface area (Å²) in [5, 5.41) is 30.0. The third kappa shape index (κ3) is 12.3. The van der Waals surface area contributed by atoms with E-state index in [1.165, 1.54) is 22.3 Å². The fourth-order valence-electron chi connectivity index (χ4n) is 6.20. The van der Waals surface area contributed by atoms with Crippen molar-refractivity contribution in [2.24, 2.45) is 16.7 Å². The van der Waals surface area contributed by atoms with Gasteiger partial charge in [0.1, 0.15) is 0 Å². The van der Waals surface area contributed by atoms with Crippen molar-refractivity contribution < 1.29 is 15.3 Å². The molecule has 234 valence electrons. The Hall–Kier alpha value is -2.98. The van der Waals surface area contributed by atoms with Crippen molar-refractivity contribution in [3.05, 3.63) is 130 Å². The van der Waals surface area contributed by atoms with Gasteiger partial charge >= 0.3 is 0 Å². The Morgan fingerprint density at radius 3 is 1.91 bits per heavy atom. The van der Waals surface area contributed by atoms with E-state index in [1.54, 1.807) is 0 Å². The van der Waals surface area contributed by atoms with Crippen LogP contribution in [0.4, 0.5) is 0 Å². The van der Waals surface area contributed by atoms with Gasteiger partial charge in [-0.3, -0.25) is 0 Å². The van der Waals surface area contributed by atoms with Gasteiger partial charge in [0.05, 0.1) is 18.8 Å². The van der Waals surface area contributed by atoms with Crippen LogP contribution >= 0.6 is 0 Å². The second-order valence-corrected chi connectivity index (χ2v) is 13.7. The predicted molar refractivity (Wildman–Crippen MR) is 186 cm³/mol. The molecule has 0 aliphatic heterocycles. The van der Waals surface area contributed by atoms with Gasteiger partial charge in [0.15, 0.2) is 0 Å². The molecule has 2 aliphatic carbocycles. The quantitative estimate of drug-likeness (QED) is 0.167. The number of hydrogen-bond donors (Lipinski definition) is 3. The molecule has 0 bridgehead atoms. The topological polar surface area (TPSA) is 60.7 Å². The van der Waals surface area contributed by atoms with Gasteiger partial charge in [0.25, 0.3) is 0 Å². The molecule has 0 heterocycles. The Bertz CT molecular complexity index is 1290. The summed E-state index contributed by atoms with van der Waals surface area (Å²) in [4.78, 5) is 0. The Kier molecular flexibility index (Phi) is 14.1. The van der Waals surface area contributed by atoms with Gasteiger partial charge in [-0.2, -0.15) is 0 Å². The second kappa shape index (κ2) is 16.8. The highest BCUT2D eigenvalue weighted by atomic mass is 16.3. The molecule has 0 saturated carbocycles. The summed E-state index contributed by atoms with van der Waals surface area (Å²) in [6.45, 7) is 19.2. The van der Waals surface area contributed by atoms with Gasteiger partial charge < -0.3 is 15.3 Å². The number of hydrogen-bond acceptors (Lipinski definition) is 3. The van der Waals surface area contributed by atoms with E-state index in [1.807, 2.05) is 42.5 Å². The Labute approximate surface area is 262 Å². The molecule has 3 unspecified atom stereocenters. The summed E-state index contributed by atoms with van der Waals surface area (Å²) in [5.41, 5.74) is 7.98. The first kappa shape index (κ1) is 36.2. The molecule has 0 saturated heterocycles. The van der Waals surface area contributed by atoms with Crippen LogP contribution < -0.4 is 0 Å². The van der Waals surface area contributed by atoms with E-state index in [0.29, 0.717) is 12.3 Å². The highest BCUT2D eigenvalue weighted by molar-refractivity contribution is 5.39. The Morgan fingerprint density at radius 1 is 0.791 bits per heavy atom. The maximum atomic E-state index is 10.1. The molecule has 0 fully saturated rings. The molecule has 3 heteroatoms. The fourth-order valence-corrected chi connectivity index (χ4v) is 6.20. The fraction of sp³-hybridized carbons (Fsp3) is 0.450. The number of aliphatic hydroxyl groups is 3. The zero-order chi connectivity index (χ0) is 32.2. The first-order chi connectivity index (χ1) is 20.1. The Morgan fingerprint density at radius 2 is 1.35 bits per heavy atom. The van der Waals surface area contributed by atoms with Crippen molar-refractivity contribution in [1.82, 2.24) is 0 Å². The lowest BCUT2D eigenvalue weighted by Crippen LogP contribution is -2.32. The van der Waals surface area contributed by atoms with Gasteiger partial charge in [-0.1, -0.05) is 147 Å². The van der Waals surface area contributed by atoms with Crippen molar-refractivity contribution in [1.29, 1.82) is 0 Å². The molecular weight excluding hydrogens is 528 g/mol. The van der Waals surface area contributed by atoms with Gasteiger partial charge in [-0.05, 0) is 75.9 Å². The third-order valence-corrected chi connectivity index (χ3v) is 8.41. The van der Waals surface area contributed by atoms with Gasteiger partial charge in [-0.15, -0.1) is 0 Å². The van der Waals surface area contributed by atoms with Crippen molar-refractivity contribution >= 4 is 0 Å². The zero-order valence-electron chi connectivity index (χ0n) is 28.1. The van der Waals surface area contributed by atoms with E-state index in [0.717, 1.165) is 29.6 Å². The number of aliphatic hydroxyl groups excluding tert-OH is 3. The second-order valence-electron chi connectivity index (χ2n) is 13.7. The molecule has 43 heavy (non-hydrogen) atoms. The van der Waals surface area contributed by atoms with Crippen LogP contribution in [-0.2, 0) is 0 Å². The summed E-state index contributed by atoms with van der Waals surface area (Å²) in [6, 6.07) is 0. The standard InChI is InChI=1S/C40H56O3/c1-29(16-12-17-31(3)20-22-37-32(4)24-35(42)26-39(37,6)7)14-10-11-15-30(2)18-13-19-34(28-41)21-23-38-33(5)25-36(43)27-40(38,8)9/h10-24,35-37,41-43H,25-28H2,1-9H3. The average Bonchev–Trinajstić information content (AvgIpc) is 2.87.